The Morgan fingerprint density at radius 1 is 1.19 bits per heavy atom. The standard InChI is InChI=1S/C24H40N4O3.HI/c1-2-27-13-3-6-20(27)18-26-24(25-12-9-21-7-4-16-29-21)28-14-10-22(11-15-28)31-19-23-8-5-17-30-23;/h4,7,16,20,22-23H,2-3,5-6,8-15,17-19H2,1H3,(H,25,26);1H. The summed E-state index contributed by atoms with van der Waals surface area (Å²) < 4.78 is 17.4. The Hall–Kier alpha value is -0.840. The smallest absolute Gasteiger partial charge is 0.193 e. The third-order valence-corrected chi connectivity index (χ3v) is 6.88. The lowest BCUT2D eigenvalue weighted by Crippen LogP contribution is -2.48. The van der Waals surface area contributed by atoms with E-state index in [-0.39, 0.29) is 24.0 Å². The monoisotopic (exact) mass is 560 g/mol. The molecule has 1 N–H and O–H groups in total. The van der Waals surface area contributed by atoms with Crippen molar-refractivity contribution >= 4 is 29.9 Å². The first kappa shape index (κ1) is 25.8. The third kappa shape index (κ3) is 7.60. The van der Waals surface area contributed by atoms with Gasteiger partial charge in [0.2, 0.25) is 0 Å². The fraction of sp³-hybridized carbons (Fsp3) is 0.792. The Morgan fingerprint density at radius 2 is 2.06 bits per heavy atom. The molecule has 7 nitrogen and oxygen atoms in total. The van der Waals surface area contributed by atoms with Crippen molar-refractivity contribution in [2.45, 2.75) is 70.1 Å². The van der Waals surface area contributed by atoms with Gasteiger partial charge >= 0.3 is 0 Å². The first-order valence-corrected chi connectivity index (χ1v) is 12.3. The average Bonchev–Trinajstić information content (AvgIpc) is 3.58. The van der Waals surface area contributed by atoms with Gasteiger partial charge in [-0.15, -0.1) is 24.0 Å². The predicted molar refractivity (Wildman–Crippen MR) is 138 cm³/mol. The summed E-state index contributed by atoms with van der Waals surface area (Å²) in [5, 5.41) is 3.61. The van der Waals surface area contributed by atoms with Gasteiger partial charge in [0.25, 0.3) is 0 Å². The normalized spacial score (nSPS) is 25.3. The minimum Gasteiger partial charge on any atom is -0.469 e. The van der Waals surface area contributed by atoms with Gasteiger partial charge in [-0.1, -0.05) is 6.92 Å². The summed E-state index contributed by atoms with van der Waals surface area (Å²) in [5.41, 5.74) is 0. The summed E-state index contributed by atoms with van der Waals surface area (Å²) in [6.07, 6.45) is 10.2. The number of halogens is 1. The Kier molecular flexibility index (Phi) is 11.1. The molecular formula is C24H41IN4O3. The molecule has 0 amide bonds. The molecule has 0 spiro atoms. The second-order valence-electron chi connectivity index (χ2n) is 9.00. The van der Waals surface area contributed by atoms with E-state index < -0.39 is 0 Å². The highest BCUT2D eigenvalue weighted by Crippen LogP contribution is 2.19. The molecule has 1 aromatic heterocycles. The lowest BCUT2D eigenvalue weighted by Gasteiger charge is -2.35. The molecule has 3 saturated heterocycles. The van der Waals surface area contributed by atoms with E-state index in [9.17, 15) is 0 Å². The highest BCUT2D eigenvalue weighted by atomic mass is 127. The van der Waals surface area contributed by atoms with E-state index in [2.05, 4.69) is 22.0 Å². The van der Waals surface area contributed by atoms with Crippen molar-refractivity contribution in [2.24, 2.45) is 4.99 Å². The fourth-order valence-corrected chi connectivity index (χ4v) is 4.98. The van der Waals surface area contributed by atoms with Crippen LogP contribution in [0.3, 0.4) is 0 Å². The number of rotatable bonds is 9. The zero-order chi connectivity index (χ0) is 21.3. The molecule has 0 aliphatic carbocycles. The number of nitrogens with zero attached hydrogens (tertiary/aromatic N) is 3. The summed E-state index contributed by atoms with van der Waals surface area (Å²) in [6, 6.07) is 4.57. The molecule has 2 unspecified atom stereocenters. The van der Waals surface area contributed by atoms with E-state index in [4.69, 9.17) is 18.9 Å². The van der Waals surface area contributed by atoms with Crippen molar-refractivity contribution in [3.63, 3.8) is 0 Å². The zero-order valence-corrected chi connectivity index (χ0v) is 21.9. The number of guanidine groups is 1. The molecule has 1 aromatic rings. The van der Waals surface area contributed by atoms with Crippen LogP contribution in [0.25, 0.3) is 0 Å². The molecule has 3 aliphatic heterocycles. The number of ether oxygens (including phenoxy) is 2. The van der Waals surface area contributed by atoms with Gasteiger partial charge in [0, 0.05) is 38.7 Å². The van der Waals surface area contributed by atoms with Crippen LogP contribution in [0.4, 0.5) is 0 Å². The highest BCUT2D eigenvalue weighted by Gasteiger charge is 2.26. The fourth-order valence-electron chi connectivity index (χ4n) is 4.98. The quantitative estimate of drug-likeness (QED) is 0.284. The number of likely N-dealkylation sites (tertiary alicyclic amines) is 2. The second kappa shape index (κ2) is 13.8. The summed E-state index contributed by atoms with van der Waals surface area (Å²) in [4.78, 5) is 10.1. The van der Waals surface area contributed by atoms with Crippen molar-refractivity contribution in [2.75, 3.05) is 52.5 Å². The molecule has 4 heterocycles. The number of hydrogen-bond donors (Lipinski definition) is 1. The molecule has 0 bridgehead atoms. The van der Waals surface area contributed by atoms with Crippen molar-refractivity contribution in [1.29, 1.82) is 0 Å². The van der Waals surface area contributed by atoms with E-state index in [0.29, 0.717) is 18.2 Å². The second-order valence-corrected chi connectivity index (χ2v) is 9.00. The summed E-state index contributed by atoms with van der Waals surface area (Å²) in [7, 11) is 0. The Balaban J connectivity index is 0.00000289. The van der Waals surface area contributed by atoms with Crippen LogP contribution in [-0.4, -0.2) is 86.5 Å². The van der Waals surface area contributed by atoms with Crippen molar-refractivity contribution < 1.29 is 13.9 Å². The molecule has 32 heavy (non-hydrogen) atoms. The van der Waals surface area contributed by atoms with Gasteiger partial charge in [-0.2, -0.15) is 0 Å². The largest absolute Gasteiger partial charge is 0.469 e. The summed E-state index contributed by atoms with van der Waals surface area (Å²) >= 11 is 0. The van der Waals surface area contributed by atoms with Crippen molar-refractivity contribution in [1.82, 2.24) is 15.1 Å². The van der Waals surface area contributed by atoms with Gasteiger partial charge in [-0.25, -0.2) is 0 Å². The molecule has 0 radical (unpaired) electrons. The molecular weight excluding hydrogens is 519 g/mol. The van der Waals surface area contributed by atoms with Crippen LogP contribution >= 0.6 is 24.0 Å². The maximum absolute atomic E-state index is 6.16. The van der Waals surface area contributed by atoms with Crippen LogP contribution < -0.4 is 5.32 Å². The first-order valence-electron chi connectivity index (χ1n) is 12.3. The van der Waals surface area contributed by atoms with Crippen LogP contribution in [0, 0.1) is 0 Å². The molecule has 4 rings (SSSR count). The van der Waals surface area contributed by atoms with Gasteiger partial charge in [0.15, 0.2) is 5.96 Å². The van der Waals surface area contributed by atoms with Gasteiger partial charge in [-0.05, 0) is 63.7 Å². The number of aliphatic imine (C=N–C) groups is 1. The molecule has 8 heteroatoms. The van der Waals surface area contributed by atoms with Crippen LogP contribution in [-0.2, 0) is 15.9 Å². The number of likely N-dealkylation sites (N-methyl/N-ethyl adjacent to an activating group) is 1. The van der Waals surface area contributed by atoms with Gasteiger partial charge in [0.05, 0.1) is 31.6 Å². The third-order valence-electron chi connectivity index (χ3n) is 6.88. The van der Waals surface area contributed by atoms with Crippen LogP contribution in [0.1, 0.15) is 51.2 Å². The number of hydrogen-bond acceptors (Lipinski definition) is 5. The maximum Gasteiger partial charge on any atom is 0.193 e. The highest BCUT2D eigenvalue weighted by molar-refractivity contribution is 14.0. The Bertz CT molecular complexity index is 658. The van der Waals surface area contributed by atoms with Crippen LogP contribution in [0.15, 0.2) is 27.8 Å². The molecule has 3 aliphatic rings. The maximum atomic E-state index is 6.16. The molecule has 182 valence electrons. The minimum absolute atomic E-state index is 0. The van der Waals surface area contributed by atoms with Gasteiger partial charge in [-0.3, -0.25) is 9.89 Å². The summed E-state index contributed by atoms with van der Waals surface area (Å²) in [5.74, 6) is 2.06. The van der Waals surface area contributed by atoms with E-state index >= 15 is 0 Å². The number of furan rings is 1. The van der Waals surface area contributed by atoms with Crippen LogP contribution in [0.2, 0.25) is 0 Å². The Morgan fingerprint density at radius 3 is 2.78 bits per heavy atom. The molecule has 0 aromatic carbocycles. The molecule has 3 fully saturated rings. The topological polar surface area (TPSA) is 62.5 Å². The van der Waals surface area contributed by atoms with E-state index in [1.165, 1.54) is 25.8 Å². The number of piperidine rings is 1. The van der Waals surface area contributed by atoms with E-state index in [0.717, 1.165) is 83.3 Å². The predicted octanol–water partition coefficient (Wildman–Crippen LogP) is 3.53. The first-order chi connectivity index (χ1) is 15.3. The van der Waals surface area contributed by atoms with Crippen LogP contribution in [0.5, 0.6) is 0 Å². The Labute approximate surface area is 210 Å². The van der Waals surface area contributed by atoms with E-state index in [1.807, 2.05) is 12.1 Å². The molecule has 2 atom stereocenters. The summed E-state index contributed by atoms with van der Waals surface area (Å²) in [6.45, 7) is 9.94. The lowest BCUT2D eigenvalue weighted by molar-refractivity contribution is -0.0367. The van der Waals surface area contributed by atoms with E-state index in [1.54, 1.807) is 6.26 Å². The zero-order valence-electron chi connectivity index (χ0n) is 19.5. The van der Waals surface area contributed by atoms with Gasteiger partial charge < -0.3 is 24.1 Å². The SMILES string of the molecule is CCN1CCCC1CN=C(NCCc1ccco1)N1CCC(OCC2CCCO2)CC1.I. The van der Waals surface area contributed by atoms with Gasteiger partial charge in [0.1, 0.15) is 5.76 Å². The van der Waals surface area contributed by atoms with Crippen molar-refractivity contribution in [3.05, 3.63) is 24.2 Å². The minimum atomic E-state index is 0. The lowest BCUT2D eigenvalue weighted by atomic mass is 10.1. The number of nitrogens with one attached hydrogen (secondary N) is 1. The molecule has 0 saturated carbocycles. The van der Waals surface area contributed by atoms with Crippen molar-refractivity contribution in [3.8, 4) is 0 Å². The average molecular weight is 561 g/mol.